The van der Waals surface area contributed by atoms with Crippen LogP contribution in [0, 0.1) is 0 Å². The van der Waals surface area contributed by atoms with Crippen LogP contribution in [-0.2, 0) is 0 Å². The first-order chi connectivity index (χ1) is 3.41. The second kappa shape index (κ2) is 12.9. The Balaban J connectivity index is -0.0000000326. The van der Waals surface area contributed by atoms with Gasteiger partial charge in [0.1, 0.15) is 0 Å². The predicted molar refractivity (Wildman–Crippen MR) is 53.6 cm³/mol. The van der Waals surface area contributed by atoms with Crippen LogP contribution in [0.25, 0.3) is 0 Å². The Morgan fingerprint density at radius 1 is 1.00 bits per heavy atom. The van der Waals surface area contributed by atoms with Crippen molar-refractivity contribution < 1.29 is 15.5 Å². The van der Waals surface area contributed by atoms with Crippen LogP contribution in [0.15, 0.2) is 0 Å². The second-order valence-corrected chi connectivity index (χ2v) is 7.49. The topological polar surface area (TPSA) is 72.0 Å². The summed E-state index contributed by atoms with van der Waals surface area (Å²) in [6, 6.07) is 0. The summed E-state index contributed by atoms with van der Waals surface area (Å²) in [7, 11) is -0.917. The Morgan fingerprint density at radius 3 is 1.00 bits per heavy atom. The van der Waals surface area contributed by atoms with Crippen LogP contribution in [0.2, 0.25) is 0 Å². The minimum absolute atomic E-state index is 0. The number of hydrogen-bond acceptors (Lipinski definition) is 2. The minimum atomic E-state index is -0.750. The van der Waals surface area contributed by atoms with E-state index in [-0.39, 0.29) is 45.1 Å². The Morgan fingerprint density at radius 2 is 1.00 bits per heavy atom. The molecule has 0 rings (SSSR count). The summed E-state index contributed by atoms with van der Waals surface area (Å²) in [6.07, 6.45) is 9.08. The van der Waals surface area contributed by atoms with Gasteiger partial charge in [0.05, 0.1) is 0 Å². The normalized spacial score (nSPS) is 9.00. The molecule has 62 valence electrons. The van der Waals surface area contributed by atoms with Crippen LogP contribution in [0.4, 0.5) is 0 Å². The first-order valence-electron chi connectivity index (χ1n) is 2.27. The van der Waals surface area contributed by atoms with E-state index in [0.717, 1.165) is 0 Å². The second-order valence-electron chi connectivity index (χ2n) is 2.59. The fraction of sp³-hybridized carbons (Fsp3) is 1.00. The van der Waals surface area contributed by atoms with Gasteiger partial charge in [-0.15, -0.1) is 0 Å². The van der Waals surface area contributed by atoms with E-state index in [1.807, 2.05) is 0 Å². The molecule has 10 heavy (non-hydrogen) atoms. The zero-order valence-electron chi connectivity index (χ0n) is 6.51. The molecule has 0 fully saturated rings. The number of rotatable bonds is 0. The Kier molecular flexibility index (Phi) is 29.1. The molecule has 0 aliphatic rings. The van der Waals surface area contributed by atoms with Crippen molar-refractivity contribution in [2.24, 2.45) is 0 Å². The zero-order chi connectivity index (χ0) is 7.21. The summed E-state index contributed by atoms with van der Waals surface area (Å²) in [5.74, 6) is 0. The van der Waals surface area contributed by atoms with Gasteiger partial charge >= 0.3 is 37.2 Å². The van der Waals surface area contributed by atoms with E-state index in [0.29, 0.717) is 0 Å². The molecule has 0 atom stereocenters. The monoisotopic (exact) mass is 180 g/mol. The van der Waals surface area contributed by atoms with Gasteiger partial charge in [-0.2, -0.15) is 0 Å². The number of hydrogen-bond donors (Lipinski definition) is 2. The Bertz CT molecular complexity index is 44.3. The van der Waals surface area contributed by atoms with E-state index >= 15 is 0 Å². The zero-order valence-corrected chi connectivity index (χ0v) is 7.33. The summed E-state index contributed by atoms with van der Waals surface area (Å²) >= 11 is 0. The van der Waals surface area contributed by atoms with Crippen molar-refractivity contribution in [2.75, 3.05) is 25.0 Å². The standard InChI is InChI=1S/C4H12S.BH3O2.Na.H2O.H/c1-5(2,3)4;2-1-3;;;/h1-4H3;1-3H;;1H2;. The third kappa shape index (κ3) is 381. The molecule has 0 saturated heterocycles. The molecule has 0 unspecified atom stereocenters. The molecular formula is C4H18BNaO3S. The van der Waals surface area contributed by atoms with Gasteiger partial charge in [0.2, 0.25) is 0 Å². The SMILES string of the molecule is CS(C)(C)C.O.OBO.[NaH]. The van der Waals surface area contributed by atoms with Gasteiger partial charge in [0.15, 0.2) is 0 Å². The van der Waals surface area contributed by atoms with Crippen molar-refractivity contribution in [2.45, 2.75) is 0 Å². The van der Waals surface area contributed by atoms with Crippen LogP contribution < -0.4 is 0 Å². The molecule has 3 nitrogen and oxygen atoms in total. The van der Waals surface area contributed by atoms with Crippen LogP contribution in [0.3, 0.4) is 0 Å². The molecule has 0 aliphatic carbocycles. The van der Waals surface area contributed by atoms with Gasteiger partial charge in [-0.1, -0.05) is 0 Å². The molecule has 0 radical (unpaired) electrons. The molecule has 4 N–H and O–H groups in total. The first-order valence-corrected chi connectivity index (χ1v) is 5.53. The fourth-order valence-corrected chi connectivity index (χ4v) is 0. The average molecular weight is 180 g/mol. The predicted octanol–water partition coefficient (Wildman–Crippen LogP) is -1.93. The Labute approximate surface area is 87.4 Å². The molecule has 6 heteroatoms. The fourth-order valence-electron chi connectivity index (χ4n) is 0. The first kappa shape index (κ1) is 22.5. The summed E-state index contributed by atoms with van der Waals surface area (Å²) in [5.41, 5.74) is 0. The van der Waals surface area contributed by atoms with Crippen LogP contribution in [-0.4, -0.2) is 77.8 Å². The van der Waals surface area contributed by atoms with E-state index in [9.17, 15) is 0 Å². The van der Waals surface area contributed by atoms with Crippen LogP contribution in [0.5, 0.6) is 0 Å². The van der Waals surface area contributed by atoms with Crippen molar-refractivity contribution in [3.8, 4) is 0 Å². The summed E-state index contributed by atoms with van der Waals surface area (Å²) in [5, 5.41) is 14.2. The van der Waals surface area contributed by atoms with E-state index in [1.54, 1.807) is 0 Å². The summed E-state index contributed by atoms with van der Waals surface area (Å²) < 4.78 is 0. The summed E-state index contributed by atoms with van der Waals surface area (Å²) in [4.78, 5) is 0. The van der Waals surface area contributed by atoms with Crippen molar-refractivity contribution in [3.63, 3.8) is 0 Å². The molecule has 0 aromatic carbocycles. The third-order valence-electron chi connectivity index (χ3n) is 0. The van der Waals surface area contributed by atoms with E-state index in [1.165, 1.54) is 0 Å². The quantitative estimate of drug-likeness (QED) is 0.426. The van der Waals surface area contributed by atoms with E-state index < -0.39 is 7.69 Å². The molecule has 0 aliphatic heterocycles. The molecule has 0 aromatic rings. The van der Waals surface area contributed by atoms with Gasteiger partial charge in [-0.25, -0.2) is 0 Å². The van der Waals surface area contributed by atoms with Crippen molar-refractivity contribution in [1.82, 2.24) is 0 Å². The van der Waals surface area contributed by atoms with Gasteiger partial charge in [-0.05, 0) is 25.0 Å². The Hall–Kier alpha value is 1.29. The molecule has 0 saturated carbocycles. The summed E-state index contributed by atoms with van der Waals surface area (Å²) in [6.45, 7) is 0. The van der Waals surface area contributed by atoms with Gasteiger partial charge in [0.25, 0.3) is 0 Å². The van der Waals surface area contributed by atoms with E-state index in [4.69, 9.17) is 10.0 Å². The molecule has 0 amide bonds. The maximum absolute atomic E-state index is 7.12. The maximum atomic E-state index is 7.12. The molecule has 0 spiro atoms. The molecule has 0 bridgehead atoms. The third-order valence-corrected chi connectivity index (χ3v) is 0. The van der Waals surface area contributed by atoms with E-state index in [2.05, 4.69) is 25.0 Å². The molecule has 0 aromatic heterocycles. The van der Waals surface area contributed by atoms with Gasteiger partial charge in [0, 0.05) is 0 Å². The molecular weight excluding hydrogens is 162 g/mol. The van der Waals surface area contributed by atoms with Gasteiger partial charge < -0.3 is 15.5 Å². The van der Waals surface area contributed by atoms with Crippen LogP contribution in [0.1, 0.15) is 0 Å². The van der Waals surface area contributed by atoms with Gasteiger partial charge in [-0.3, -0.25) is 10.0 Å². The molecule has 0 heterocycles. The van der Waals surface area contributed by atoms with Crippen LogP contribution >= 0.6 is 10.0 Å². The van der Waals surface area contributed by atoms with Crippen molar-refractivity contribution in [1.29, 1.82) is 0 Å². The van der Waals surface area contributed by atoms with Crippen molar-refractivity contribution >= 4 is 47.3 Å². The average Bonchev–Trinajstić information content (AvgIpc) is 1.27. The van der Waals surface area contributed by atoms with Crippen molar-refractivity contribution in [3.05, 3.63) is 0 Å².